The van der Waals surface area contributed by atoms with Crippen LogP contribution in [0, 0.1) is 0 Å². The van der Waals surface area contributed by atoms with Crippen LogP contribution in [-0.4, -0.2) is 21.7 Å². The molecule has 3 aromatic rings. The van der Waals surface area contributed by atoms with Gasteiger partial charge in [-0.05, 0) is 0 Å². The predicted octanol–water partition coefficient (Wildman–Crippen LogP) is 3.26. The van der Waals surface area contributed by atoms with Crippen LogP contribution in [0.4, 0.5) is 0 Å². The Morgan fingerprint density at radius 1 is 0.875 bits per heavy atom. The second-order valence-electron chi connectivity index (χ2n) is 5.02. The van der Waals surface area contributed by atoms with Gasteiger partial charge in [0, 0.05) is 23.5 Å². The molecular formula is C19H14N2O3. The number of hydrogen-bond donors (Lipinski definition) is 0. The van der Waals surface area contributed by atoms with E-state index in [4.69, 9.17) is 4.74 Å². The molecule has 0 aliphatic heterocycles. The lowest BCUT2D eigenvalue weighted by atomic mass is 10.00. The van der Waals surface area contributed by atoms with Crippen molar-refractivity contribution in [2.24, 2.45) is 0 Å². The molecule has 24 heavy (non-hydrogen) atoms. The summed E-state index contributed by atoms with van der Waals surface area (Å²) in [6, 6.07) is 17.6. The van der Waals surface area contributed by atoms with Crippen molar-refractivity contribution < 1.29 is 14.3 Å². The Balaban J connectivity index is 1.91. The van der Waals surface area contributed by atoms with Crippen LogP contribution in [0.3, 0.4) is 0 Å². The summed E-state index contributed by atoms with van der Waals surface area (Å²) in [6.07, 6.45) is 3.12. The van der Waals surface area contributed by atoms with Crippen LogP contribution in [0.25, 0.3) is 0 Å². The summed E-state index contributed by atoms with van der Waals surface area (Å²) in [4.78, 5) is 32.8. The van der Waals surface area contributed by atoms with Gasteiger partial charge < -0.3 is 4.74 Å². The van der Waals surface area contributed by atoms with Crippen molar-refractivity contribution >= 4 is 11.8 Å². The minimum Gasteiger partial charge on any atom is -0.444 e. The number of rotatable bonds is 5. The zero-order valence-corrected chi connectivity index (χ0v) is 12.7. The van der Waals surface area contributed by atoms with E-state index in [1.807, 2.05) is 12.1 Å². The largest absolute Gasteiger partial charge is 0.444 e. The Labute approximate surface area is 139 Å². The molecule has 2 aromatic carbocycles. The Kier molecular flexibility index (Phi) is 4.72. The fourth-order valence-electron chi connectivity index (χ4n) is 2.23. The molecule has 5 heteroatoms. The van der Waals surface area contributed by atoms with Crippen LogP contribution < -0.4 is 0 Å². The number of aromatic nitrogens is 2. The second-order valence-corrected chi connectivity index (χ2v) is 5.02. The number of Topliss-reactive ketones (excluding diaryl/α,β-unsaturated/α-hetero) is 1. The molecule has 0 fully saturated rings. The molecule has 0 radical (unpaired) electrons. The van der Waals surface area contributed by atoms with Crippen molar-refractivity contribution in [2.45, 2.75) is 6.10 Å². The molecule has 118 valence electrons. The van der Waals surface area contributed by atoms with E-state index in [0.29, 0.717) is 11.1 Å². The number of hydrogen-bond acceptors (Lipinski definition) is 5. The van der Waals surface area contributed by atoms with E-state index in [9.17, 15) is 9.59 Å². The standard InChI is InChI=1S/C19H14N2O3/c22-17(14-7-3-1-4-8-14)18(15-9-5-2-6-10-15)24-19(23)16-13-20-11-12-21-16/h1-13,18H/t18-/m1/s1. The molecule has 0 spiro atoms. The molecule has 0 saturated heterocycles. The molecule has 0 aliphatic carbocycles. The number of esters is 1. The highest BCUT2D eigenvalue weighted by atomic mass is 16.5. The van der Waals surface area contributed by atoms with Crippen LogP contribution in [0.15, 0.2) is 79.3 Å². The van der Waals surface area contributed by atoms with E-state index < -0.39 is 12.1 Å². The Morgan fingerprint density at radius 3 is 2.17 bits per heavy atom. The van der Waals surface area contributed by atoms with E-state index in [1.54, 1.807) is 48.5 Å². The van der Waals surface area contributed by atoms with Crippen LogP contribution in [-0.2, 0) is 4.74 Å². The number of carbonyl (C=O) groups excluding carboxylic acids is 2. The van der Waals surface area contributed by atoms with E-state index in [-0.39, 0.29) is 11.5 Å². The molecule has 1 aromatic heterocycles. The predicted molar refractivity (Wildman–Crippen MR) is 87.4 cm³/mol. The fraction of sp³-hybridized carbons (Fsp3) is 0.0526. The summed E-state index contributed by atoms with van der Waals surface area (Å²) < 4.78 is 5.45. The van der Waals surface area contributed by atoms with E-state index in [2.05, 4.69) is 9.97 Å². The smallest absolute Gasteiger partial charge is 0.359 e. The summed E-state index contributed by atoms with van der Waals surface area (Å²) in [5, 5.41) is 0. The zero-order chi connectivity index (χ0) is 16.8. The van der Waals surface area contributed by atoms with Gasteiger partial charge >= 0.3 is 5.97 Å². The number of ketones is 1. The molecular weight excluding hydrogens is 304 g/mol. The molecule has 0 amide bonds. The summed E-state index contributed by atoms with van der Waals surface area (Å²) in [7, 11) is 0. The fourth-order valence-corrected chi connectivity index (χ4v) is 2.23. The normalized spacial score (nSPS) is 11.5. The summed E-state index contributed by atoms with van der Waals surface area (Å²) in [5.41, 5.74) is 1.13. The summed E-state index contributed by atoms with van der Waals surface area (Å²) in [6.45, 7) is 0. The van der Waals surface area contributed by atoms with Crippen molar-refractivity contribution in [1.29, 1.82) is 0 Å². The molecule has 0 aliphatic rings. The number of carbonyl (C=O) groups is 2. The zero-order valence-electron chi connectivity index (χ0n) is 12.7. The minimum absolute atomic E-state index is 0.0549. The molecule has 3 rings (SSSR count). The number of benzene rings is 2. The van der Waals surface area contributed by atoms with Gasteiger partial charge in [0.2, 0.25) is 5.78 Å². The van der Waals surface area contributed by atoms with Crippen molar-refractivity contribution in [3.63, 3.8) is 0 Å². The monoisotopic (exact) mass is 318 g/mol. The SMILES string of the molecule is O=C(O[C@@H](C(=O)c1ccccc1)c1ccccc1)c1cnccn1. The highest BCUT2D eigenvalue weighted by molar-refractivity contribution is 6.01. The quantitative estimate of drug-likeness (QED) is 0.533. The van der Waals surface area contributed by atoms with Crippen LogP contribution in [0.2, 0.25) is 0 Å². The van der Waals surface area contributed by atoms with Gasteiger partial charge in [0.1, 0.15) is 0 Å². The molecule has 1 heterocycles. The van der Waals surface area contributed by atoms with Gasteiger partial charge in [-0.3, -0.25) is 9.78 Å². The molecule has 0 unspecified atom stereocenters. The average molecular weight is 318 g/mol. The highest BCUT2D eigenvalue weighted by Gasteiger charge is 2.27. The Hall–Kier alpha value is -3.34. The molecule has 5 nitrogen and oxygen atoms in total. The molecule has 1 atom stereocenters. The van der Waals surface area contributed by atoms with Crippen molar-refractivity contribution in [1.82, 2.24) is 9.97 Å². The maximum absolute atomic E-state index is 12.8. The van der Waals surface area contributed by atoms with Crippen molar-refractivity contribution in [3.8, 4) is 0 Å². The minimum atomic E-state index is -1.04. The van der Waals surface area contributed by atoms with E-state index in [1.165, 1.54) is 18.6 Å². The van der Waals surface area contributed by atoms with Crippen LogP contribution in [0.5, 0.6) is 0 Å². The third kappa shape index (κ3) is 3.52. The van der Waals surface area contributed by atoms with Gasteiger partial charge in [-0.2, -0.15) is 0 Å². The van der Waals surface area contributed by atoms with Gasteiger partial charge in [0.15, 0.2) is 11.8 Å². The maximum atomic E-state index is 12.8. The van der Waals surface area contributed by atoms with E-state index in [0.717, 1.165) is 0 Å². The molecule has 0 saturated carbocycles. The third-order valence-corrected chi connectivity index (χ3v) is 3.40. The Bertz CT molecular complexity index is 821. The first kappa shape index (κ1) is 15.6. The van der Waals surface area contributed by atoms with Gasteiger partial charge in [0.25, 0.3) is 0 Å². The van der Waals surface area contributed by atoms with E-state index >= 15 is 0 Å². The van der Waals surface area contributed by atoms with Crippen LogP contribution >= 0.6 is 0 Å². The number of nitrogens with zero attached hydrogens (tertiary/aromatic N) is 2. The lowest BCUT2D eigenvalue weighted by molar-refractivity contribution is 0.0274. The maximum Gasteiger partial charge on any atom is 0.359 e. The first-order valence-electron chi connectivity index (χ1n) is 7.37. The first-order valence-corrected chi connectivity index (χ1v) is 7.37. The van der Waals surface area contributed by atoms with Crippen molar-refractivity contribution in [2.75, 3.05) is 0 Å². The summed E-state index contributed by atoms with van der Waals surface area (Å²) >= 11 is 0. The molecule has 0 bridgehead atoms. The van der Waals surface area contributed by atoms with Gasteiger partial charge in [-0.25, -0.2) is 9.78 Å². The third-order valence-electron chi connectivity index (χ3n) is 3.40. The lowest BCUT2D eigenvalue weighted by Gasteiger charge is -2.17. The average Bonchev–Trinajstić information content (AvgIpc) is 2.67. The highest BCUT2D eigenvalue weighted by Crippen LogP contribution is 2.23. The molecule has 0 N–H and O–H groups in total. The van der Waals surface area contributed by atoms with Gasteiger partial charge in [-0.1, -0.05) is 60.7 Å². The van der Waals surface area contributed by atoms with Crippen LogP contribution in [0.1, 0.15) is 32.5 Å². The lowest BCUT2D eigenvalue weighted by Crippen LogP contribution is -2.21. The Morgan fingerprint density at radius 2 is 1.54 bits per heavy atom. The van der Waals surface area contributed by atoms with Gasteiger partial charge in [-0.15, -0.1) is 0 Å². The second kappa shape index (κ2) is 7.28. The summed E-state index contributed by atoms with van der Waals surface area (Å²) in [5.74, 6) is -0.986. The van der Waals surface area contributed by atoms with Crippen molar-refractivity contribution in [3.05, 3.63) is 96.1 Å². The topological polar surface area (TPSA) is 69.2 Å². The number of ether oxygens (including phenoxy) is 1. The first-order chi connectivity index (χ1) is 11.8. The van der Waals surface area contributed by atoms with Gasteiger partial charge in [0.05, 0.1) is 6.20 Å².